The van der Waals surface area contributed by atoms with Gasteiger partial charge in [0, 0.05) is 62.4 Å². The first-order chi connectivity index (χ1) is 15.6. The van der Waals surface area contributed by atoms with Gasteiger partial charge in [0.15, 0.2) is 5.13 Å². The topological polar surface area (TPSA) is 87.5 Å². The van der Waals surface area contributed by atoms with Gasteiger partial charge in [0.2, 0.25) is 0 Å². The molecule has 2 aliphatic rings. The minimum absolute atomic E-state index is 0.137. The van der Waals surface area contributed by atoms with Gasteiger partial charge in [-0.3, -0.25) is 4.79 Å². The van der Waals surface area contributed by atoms with Gasteiger partial charge in [0.05, 0.1) is 5.69 Å². The molecule has 2 aromatic heterocycles. The van der Waals surface area contributed by atoms with Crippen LogP contribution in [-0.2, 0) is 11.2 Å². The average molecular weight is 454 g/mol. The van der Waals surface area contributed by atoms with Crippen LogP contribution in [0, 0.1) is 5.92 Å². The third-order valence-corrected chi connectivity index (χ3v) is 8.09. The second kappa shape index (κ2) is 9.21. The Labute approximate surface area is 192 Å². The summed E-state index contributed by atoms with van der Waals surface area (Å²) in [7, 11) is 2.14. The molecule has 3 aromatic rings. The number of nitrogens with zero attached hydrogens (tertiary/aromatic N) is 3. The van der Waals surface area contributed by atoms with Gasteiger partial charge in [-0.1, -0.05) is 29.5 Å². The monoisotopic (exact) mass is 453 g/mol. The standard InChI is InChI=1S/C24H31N5O2S/c1-28-8-10-29(11-9-28)24-27-21(22(32-24)23(25)30)19(16-6-12-31-13-7-16)14-17-15-26-20-5-3-2-4-18(17)20/h2-5,15-16,19,26H,6-14H2,1H3,(H2,25,30). The van der Waals surface area contributed by atoms with E-state index in [1.54, 1.807) is 0 Å². The van der Waals surface area contributed by atoms with Crippen LogP contribution >= 0.6 is 11.3 Å². The van der Waals surface area contributed by atoms with E-state index >= 15 is 0 Å². The summed E-state index contributed by atoms with van der Waals surface area (Å²) in [5.41, 5.74) is 9.17. The molecule has 4 heterocycles. The molecule has 7 nitrogen and oxygen atoms in total. The highest BCUT2D eigenvalue weighted by Crippen LogP contribution is 2.40. The molecule has 5 rings (SSSR count). The van der Waals surface area contributed by atoms with Crippen molar-refractivity contribution >= 4 is 33.3 Å². The van der Waals surface area contributed by atoms with Crippen molar-refractivity contribution in [3.63, 3.8) is 0 Å². The van der Waals surface area contributed by atoms with Crippen molar-refractivity contribution in [3.8, 4) is 0 Å². The number of ether oxygens (including phenoxy) is 1. The highest BCUT2D eigenvalue weighted by Gasteiger charge is 2.33. The van der Waals surface area contributed by atoms with E-state index in [2.05, 4.69) is 46.2 Å². The van der Waals surface area contributed by atoms with Crippen LogP contribution < -0.4 is 10.6 Å². The SMILES string of the molecule is CN1CCN(c2nc(C(Cc3c[nH]c4ccccc34)C3CCOCC3)c(C(N)=O)s2)CC1. The Kier molecular flexibility index (Phi) is 6.17. The molecule has 1 aromatic carbocycles. The molecule has 0 aliphatic carbocycles. The van der Waals surface area contributed by atoms with Gasteiger partial charge in [-0.05, 0) is 43.9 Å². The Morgan fingerprint density at radius 1 is 1.25 bits per heavy atom. The van der Waals surface area contributed by atoms with Gasteiger partial charge >= 0.3 is 0 Å². The summed E-state index contributed by atoms with van der Waals surface area (Å²) in [6, 6.07) is 8.39. The first-order valence-corrected chi connectivity index (χ1v) is 12.3. The van der Waals surface area contributed by atoms with Crippen molar-refractivity contribution in [3.05, 3.63) is 46.6 Å². The number of rotatable bonds is 6. The van der Waals surface area contributed by atoms with Crippen LogP contribution in [0.3, 0.4) is 0 Å². The molecule has 2 fully saturated rings. The first-order valence-electron chi connectivity index (χ1n) is 11.5. The fraction of sp³-hybridized carbons (Fsp3) is 0.500. The van der Waals surface area contributed by atoms with Gasteiger partial charge in [0.25, 0.3) is 5.91 Å². The zero-order valence-electron chi connectivity index (χ0n) is 18.5. The van der Waals surface area contributed by atoms with E-state index in [9.17, 15) is 4.79 Å². The van der Waals surface area contributed by atoms with Gasteiger partial charge in [-0.15, -0.1) is 0 Å². The van der Waals surface area contributed by atoms with Crippen molar-refractivity contribution in [1.82, 2.24) is 14.9 Å². The van der Waals surface area contributed by atoms with Gasteiger partial charge < -0.3 is 25.3 Å². The molecule has 32 heavy (non-hydrogen) atoms. The summed E-state index contributed by atoms with van der Waals surface area (Å²) in [4.78, 5) is 26.2. The summed E-state index contributed by atoms with van der Waals surface area (Å²) in [6.07, 6.45) is 4.90. The predicted molar refractivity (Wildman–Crippen MR) is 129 cm³/mol. The highest BCUT2D eigenvalue weighted by atomic mass is 32.1. The number of piperazine rings is 1. The summed E-state index contributed by atoms with van der Waals surface area (Å²) in [5.74, 6) is 0.185. The Morgan fingerprint density at radius 2 is 2.00 bits per heavy atom. The van der Waals surface area contributed by atoms with Gasteiger partial charge in [0.1, 0.15) is 4.88 Å². The van der Waals surface area contributed by atoms with E-state index in [-0.39, 0.29) is 11.8 Å². The molecule has 2 saturated heterocycles. The van der Waals surface area contributed by atoms with Crippen LogP contribution in [0.4, 0.5) is 5.13 Å². The number of nitrogens with one attached hydrogen (secondary N) is 1. The normalized spacial score (nSPS) is 19.5. The zero-order valence-corrected chi connectivity index (χ0v) is 19.4. The lowest BCUT2D eigenvalue weighted by molar-refractivity contribution is 0.0572. The number of para-hydroxylation sites is 1. The van der Waals surface area contributed by atoms with Gasteiger partial charge in [-0.25, -0.2) is 4.98 Å². The number of carbonyl (C=O) groups excluding carboxylic acids is 1. The Balaban J connectivity index is 1.52. The number of likely N-dealkylation sites (N-methyl/N-ethyl adjacent to an activating group) is 1. The summed E-state index contributed by atoms with van der Waals surface area (Å²) < 4.78 is 5.65. The van der Waals surface area contributed by atoms with Crippen molar-refractivity contribution in [2.24, 2.45) is 11.7 Å². The summed E-state index contributed by atoms with van der Waals surface area (Å²) in [6.45, 7) is 5.37. The number of amides is 1. The average Bonchev–Trinajstić information content (AvgIpc) is 3.43. The second-order valence-electron chi connectivity index (χ2n) is 8.99. The Bertz CT molecular complexity index is 1080. The number of benzene rings is 1. The number of H-pyrrole nitrogens is 1. The fourth-order valence-electron chi connectivity index (χ4n) is 5.02. The van der Waals surface area contributed by atoms with E-state index < -0.39 is 0 Å². The lowest BCUT2D eigenvalue weighted by atomic mass is 9.79. The number of aromatic nitrogens is 2. The molecule has 0 radical (unpaired) electrons. The molecule has 2 aliphatic heterocycles. The predicted octanol–water partition coefficient (Wildman–Crippen LogP) is 3.23. The van der Waals surface area contributed by atoms with E-state index in [0.29, 0.717) is 10.8 Å². The highest BCUT2D eigenvalue weighted by molar-refractivity contribution is 7.17. The zero-order chi connectivity index (χ0) is 22.1. The van der Waals surface area contributed by atoms with Crippen LogP contribution in [0.2, 0.25) is 0 Å². The lowest BCUT2D eigenvalue weighted by Gasteiger charge is -2.32. The van der Waals surface area contributed by atoms with Crippen molar-refractivity contribution in [2.45, 2.75) is 25.2 Å². The molecule has 0 saturated carbocycles. The van der Waals surface area contributed by atoms with Crippen molar-refractivity contribution < 1.29 is 9.53 Å². The van der Waals surface area contributed by atoms with Crippen LogP contribution in [-0.4, -0.2) is 67.2 Å². The minimum atomic E-state index is -0.367. The van der Waals surface area contributed by atoms with E-state index in [4.69, 9.17) is 15.5 Å². The molecule has 1 amide bonds. The largest absolute Gasteiger partial charge is 0.381 e. The van der Waals surface area contributed by atoms with Crippen LogP contribution in [0.25, 0.3) is 10.9 Å². The van der Waals surface area contributed by atoms with Crippen LogP contribution in [0.15, 0.2) is 30.5 Å². The molecule has 0 spiro atoms. The van der Waals surface area contributed by atoms with E-state index in [1.165, 1.54) is 22.3 Å². The molecule has 1 unspecified atom stereocenters. The molecule has 3 N–H and O–H groups in total. The van der Waals surface area contributed by atoms with Gasteiger partial charge in [-0.2, -0.15) is 0 Å². The number of hydrogen-bond acceptors (Lipinski definition) is 6. The molecular weight excluding hydrogens is 422 g/mol. The minimum Gasteiger partial charge on any atom is -0.381 e. The van der Waals surface area contributed by atoms with E-state index in [0.717, 1.165) is 75.0 Å². The molecule has 8 heteroatoms. The number of carbonyl (C=O) groups is 1. The number of anilines is 1. The maximum Gasteiger partial charge on any atom is 0.260 e. The third kappa shape index (κ3) is 4.27. The van der Waals surface area contributed by atoms with E-state index in [1.807, 2.05) is 6.07 Å². The summed E-state index contributed by atoms with van der Waals surface area (Å²) in [5, 5.41) is 2.16. The molecule has 170 valence electrons. The number of primary amides is 1. The quantitative estimate of drug-likeness (QED) is 0.598. The van der Waals surface area contributed by atoms with Crippen LogP contribution in [0.1, 0.15) is 39.7 Å². The Hall–Kier alpha value is -2.42. The smallest absolute Gasteiger partial charge is 0.260 e. The number of thiazole rings is 1. The molecule has 1 atom stereocenters. The molecular formula is C24H31N5O2S. The Morgan fingerprint density at radius 3 is 2.75 bits per heavy atom. The fourth-order valence-corrected chi connectivity index (χ4v) is 6.06. The third-order valence-electron chi connectivity index (χ3n) is 6.94. The first kappa shape index (κ1) is 21.4. The number of aromatic amines is 1. The number of hydrogen-bond donors (Lipinski definition) is 2. The van der Waals surface area contributed by atoms with Crippen molar-refractivity contribution in [1.29, 1.82) is 0 Å². The van der Waals surface area contributed by atoms with Crippen LogP contribution in [0.5, 0.6) is 0 Å². The number of fused-ring (bicyclic) bond motifs is 1. The second-order valence-corrected chi connectivity index (χ2v) is 9.96. The number of nitrogens with two attached hydrogens (primary N) is 1. The maximum absolute atomic E-state index is 12.5. The summed E-state index contributed by atoms with van der Waals surface area (Å²) >= 11 is 1.47. The van der Waals surface area contributed by atoms with Crippen molar-refractivity contribution in [2.75, 3.05) is 51.3 Å². The lowest BCUT2D eigenvalue weighted by Crippen LogP contribution is -2.44. The molecule has 0 bridgehead atoms. The maximum atomic E-state index is 12.5.